The van der Waals surface area contributed by atoms with Crippen molar-refractivity contribution in [3.05, 3.63) is 24.3 Å². The predicted molar refractivity (Wildman–Crippen MR) is 72.5 cm³/mol. The summed E-state index contributed by atoms with van der Waals surface area (Å²) in [5, 5.41) is 8.83. The molecule has 0 aromatic heterocycles. The summed E-state index contributed by atoms with van der Waals surface area (Å²) in [5.41, 5.74) is 1.87. The first-order chi connectivity index (χ1) is 8.11. The minimum Gasteiger partial charge on any atom is -0.385 e. The summed E-state index contributed by atoms with van der Waals surface area (Å²) in [7, 11) is 0. The van der Waals surface area contributed by atoms with Gasteiger partial charge in [-0.05, 0) is 44.5 Å². The number of amides is 2. The molecule has 17 heavy (non-hydrogen) atoms. The molecule has 0 atom stereocenters. The van der Waals surface area contributed by atoms with Gasteiger partial charge in [0.15, 0.2) is 0 Å². The summed E-state index contributed by atoms with van der Waals surface area (Å²) in [6.45, 7) is 6.94. The second kappa shape index (κ2) is 6.78. The number of carbonyl (C=O) groups excluding carboxylic acids is 1. The fourth-order valence-electron chi connectivity index (χ4n) is 1.37. The maximum atomic E-state index is 11.4. The van der Waals surface area contributed by atoms with E-state index in [1.165, 1.54) is 0 Å². The number of hydrogen-bond donors (Lipinski definition) is 3. The third kappa shape index (κ3) is 5.24. The van der Waals surface area contributed by atoms with Crippen LogP contribution in [0.3, 0.4) is 0 Å². The van der Waals surface area contributed by atoms with Gasteiger partial charge in [-0.15, -0.1) is 0 Å². The molecule has 0 fully saturated rings. The number of rotatable bonds is 5. The molecule has 0 bridgehead atoms. The van der Waals surface area contributed by atoms with E-state index in [9.17, 15) is 4.79 Å². The van der Waals surface area contributed by atoms with Crippen LogP contribution in [0.4, 0.5) is 16.2 Å². The number of nitrogens with one attached hydrogen (secondary N) is 3. The van der Waals surface area contributed by atoms with Crippen molar-refractivity contribution in [3.8, 4) is 0 Å². The number of benzene rings is 1. The number of hydrogen-bond acceptors (Lipinski definition) is 2. The Bertz CT molecular complexity index is 346. The number of anilines is 2. The average molecular weight is 235 g/mol. The van der Waals surface area contributed by atoms with Crippen molar-refractivity contribution in [1.29, 1.82) is 0 Å². The molecule has 1 aromatic carbocycles. The van der Waals surface area contributed by atoms with Crippen molar-refractivity contribution in [3.63, 3.8) is 0 Å². The molecule has 94 valence electrons. The Balaban J connectivity index is 2.47. The topological polar surface area (TPSA) is 53.2 Å². The van der Waals surface area contributed by atoms with Crippen molar-refractivity contribution in [1.82, 2.24) is 5.32 Å². The quantitative estimate of drug-likeness (QED) is 0.734. The van der Waals surface area contributed by atoms with Crippen LogP contribution in [0.1, 0.15) is 27.2 Å². The maximum absolute atomic E-state index is 11.4. The van der Waals surface area contributed by atoms with Crippen LogP contribution in [0, 0.1) is 0 Å². The first-order valence-corrected chi connectivity index (χ1v) is 6.03. The zero-order valence-corrected chi connectivity index (χ0v) is 10.7. The van der Waals surface area contributed by atoms with Gasteiger partial charge in [0.2, 0.25) is 0 Å². The molecule has 1 rings (SSSR count). The third-order valence-electron chi connectivity index (χ3n) is 2.14. The Morgan fingerprint density at radius 2 is 1.76 bits per heavy atom. The van der Waals surface area contributed by atoms with E-state index in [0.29, 0.717) is 0 Å². The van der Waals surface area contributed by atoms with Crippen LogP contribution in [0.15, 0.2) is 24.3 Å². The van der Waals surface area contributed by atoms with Gasteiger partial charge in [0.25, 0.3) is 0 Å². The third-order valence-corrected chi connectivity index (χ3v) is 2.14. The van der Waals surface area contributed by atoms with Crippen molar-refractivity contribution >= 4 is 17.4 Å². The SMILES string of the molecule is CCCNc1ccc(NC(=O)NC(C)C)cc1. The Hall–Kier alpha value is -1.71. The fraction of sp³-hybridized carbons (Fsp3) is 0.462. The van der Waals surface area contributed by atoms with Gasteiger partial charge in [-0.3, -0.25) is 0 Å². The zero-order valence-electron chi connectivity index (χ0n) is 10.7. The minimum atomic E-state index is -0.172. The molecule has 0 saturated carbocycles. The average Bonchev–Trinajstić information content (AvgIpc) is 2.27. The maximum Gasteiger partial charge on any atom is 0.319 e. The highest BCUT2D eigenvalue weighted by Crippen LogP contribution is 2.13. The Labute approximate surface area is 103 Å². The van der Waals surface area contributed by atoms with E-state index in [4.69, 9.17) is 0 Å². The van der Waals surface area contributed by atoms with Crippen molar-refractivity contribution in [2.24, 2.45) is 0 Å². The highest BCUT2D eigenvalue weighted by Gasteiger charge is 2.02. The molecule has 0 saturated heterocycles. The largest absolute Gasteiger partial charge is 0.385 e. The molecule has 1 aromatic rings. The molecular formula is C13H21N3O. The Kier molecular flexibility index (Phi) is 5.33. The highest BCUT2D eigenvalue weighted by atomic mass is 16.2. The van der Waals surface area contributed by atoms with E-state index in [1.54, 1.807) is 0 Å². The standard InChI is InChI=1S/C13H21N3O/c1-4-9-14-11-5-7-12(8-6-11)16-13(17)15-10(2)3/h5-8,10,14H,4,9H2,1-3H3,(H2,15,16,17). The summed E-state index contributed by atoms with van der Waals surface area (Å²) in [5.74, 6) is 0. The van der Waals surface area contributed by atoms with Crippen molar-refractivity contribution in [2.75, 3.05) is 17.2 Å². The van der Waals surface area contributed by atoms with E-state index in [-0.39, 0.29) is 12.1 Å². The van der Waals surface area contributed by atoms with Crippen molar-refractivity contribution < 1.29 is 4.79 Å². The molecule has 0 heterocycles. The van der Waals surface area contributed by atoms with Gasteiger partial charge < -0.3 is 16.0 Å². The van der Waals surface area contributed by atoms with Gasteiger partial charge in [-0.25, -0.2) is 4.79 Å². The Morgan fingerprint density at radius 3 is 2.29 bits per heavy atom. The van der Waals surface area contributed by atoms with E-state index in [1.807, 2.05) is 38.1 Å². The number of urea groups is 1. The molecule has 2 amide bonds. The first kappa shape index (κ1) is 13.4. The van der Waals surface area contributed by atoms with Crippen LogP contribution in [-0.4, -0.2) is 18.6 Å². The Morgan fingerprint density at radius 1 is 1.18 bits per heavy atom. The minimum absolute atomic E-state index is 0.139. The summed E-state index contributed by atoms with van der Waals surface area (Å²) in [6.07, 6.45) is 1.09. The summed E-state index contributed by atoms with van der Waals surface area (Å²) in [4.78, 5) is 11.4. The van der Waals surface area contributed by atoms with Gasteiger partial charge >= 0.3 is 6.03 Å². The van der Waals surface area contributed by atoms with Gasteiger partial charge in [0, 0.05) is 24.0 Å². The smallest absolute Gasteiger partial charge is 0.319 e. The monoisotopic (exact) mass is 235 g/mol. The molecule has 0 aliphatic rings. The van der Waals surface area contributed by atoms with Crippen LogP contribution >= 0.6 is 0 Å². The van der Waals surface area contributed by atoms with Gasteiger partial charge in [0.05, 0.1) is 0 Å². The molecule has 3 N–H and O–H groups in total. The van der Waals surface area contributed by atoms with Crippen molar-refractivity contribution in [2.45, 2.75) is 33.2 Å². The van der Waals surface area contributed by atoms with Crippen LogP contribution < -0.4 is 16.0 Å². The predicted octanol–water partition coefficient (Wildman–Crippen LogP) is 3.04. The van der Waals surface area contributed by atoms with Crippen LogP contribution in [0.5, 0.6) is 0 Å². The highest BCUT2D eigenvalue weighted by molar-refractivity contribution is 5.89. The lowest BCUT2D eigenvalue weighted by Gasteiger charge is -2.11. The van der Waals surface area contributed by atoms with E-state index in [0.717, 1.165) is 24.3 Å². The van der Waals surface area contributed by atoms with E-state index in [2.05, 4.69) is 22.9 Å². The summed E-state index contributed by atoms with van der Waals surface area (Å²) < 4.78 is 0. The fourth-order valence-corrected chi connectivity index (χ4v) is 1.37. The molecular weight excluding hydrogens is 214 g/mol. The lowest BCUT2D eigenvalue weighted by atomic mass is 10.2. The van der Waals surface area contributed by atoms with Crippen LogP contribution in [-0.2, 0) is 0 Å². The molecule has 4 nitrogen and oxygen atoms in total. The van der Waals surface area contributed by atoms with Gasteiger partial charge in [-0.2, -0.15) is 0 Å². The lowest BCUT2D eigenvalue weighted by molar-refractivity contribution is 0.250. The second-order valence-electron chi connectivity index (χ2n) is 4.26. The van der Waals surface area contributed by atoms with Crippen LogP contribution in [0.25, 0.3) is 0 Å². The van der Waals surface area contributed by atoms with Gasteiger partial charge in [-0.1, -0.05) is 6.92 Å². The molecule has 4 heteroatoms. The zero-order chi connectivity index (χ0) is 12.7. The summed E-state index contributed by atoms with van der Waals surface area (Å²) >= 11 is 0. The van der Waals surface area contributed by atoms with E-state index >= 15 is 0 Å². The van der Waals surface area contributed by atoms with Gasteiger partial charge in [0.1, 0.15) is 0 Å². The normalized spacial score (nSPS) is 10.1. The molecule has 0 unspecified atom stereocenters. The molecule has 0 aliphatic carbocycles. The van der Waals surface area contributed by atoms with Crippen LogP contribution in [0.2, 0.25) is 0 Å². The molecule has 0 radical (unpaired) electrons. The van der Waals surface area contributed by atoms with E-state index < -0.39 is 0 Å². The molecule has 0 aliphatic heterocycles. The first-order valence-electron chi connectivity index (χ1n) is 6.03. The molecule has 0 spiro atoms. The summed E-state index contributed by atoms with van der Waals surface area (Å²) in [6, 6.07) is 7.66. The second-order valence-corrected chi connectivity index (χ2v) is 4.26. The lowest BCUT2D eigenvalue weighted by Crippen LogP contribution is -2.34. The number of carbonyl (C=O) groups is 1.